The first-order chi connectivity index (χ1) is 8.78. The molecule has 102 valence electrons. The van der Waals surface area contributed by atoms with Crippen LogP contribution >= 0.6 is 31.9 Å². The topological polar surface area (TPSA) is 20.2 Å². The highest BCUT2D eigenvalue weighted by Crippen LogP contribution is 2.38. The molecule has 1 aromatic rings. The average molecular weight is 386 g/mol. The molecule has 0 saturated heterocycles. The zero-order valence-electron chi connectivity index (χ0n) is 11.3. The van der Waals surface area contributed by atoms with Crippen molar-refractivity contribution in [3.05, 3.63) is 50.4 Å². The van der Waals surface area contributed by atoms with Crippen molar-refractivity contribution in [1.29, 1.82) is 0 Å². The van der Waals surface area contributed by atoms with Crippen LogP contribution in [0.5, 0.6) is 0 Å². The summed E-state index contributed by atoms with van der Waals surface area (Å²) < 4.78 is 1.98. The summed E-state index contributed by atoms with van der Waals surface area (Å²) in [6, 6.07) is 4.02. The standard InChI is InChI=1S/C16H18Br2O/c1-16(2,3)7-6-10-4-5-11-8-13(17)14(18)9-12(11)15(10)19/h4-10,15,19H,1-3H3/b7-6+/t10-,15+/m0/s1. The molecule has 1 aliphatic rings. The predicted octanol–water partition coefficient (Wildman–Crippen LogP) is 5.49. The molecule has 0 bridgehead atoms. The molecule has 1 N–H and O–H groups in total. The van der Waals surface area contributed by atoms with E-state index in [0.717, 1.165) is 20.1 Å². The molecule has 0 aliphatic heterocycles. The van der Waals surface area contributed by atoms with E-state index >= 15 is 0 Å². The van der Waals surface area contributed by atoms with Crippen molar-refractivity contribution in [3.63, 3.8) is 0 Å². The fourth-order valence-electron chi connectivity index (χ4n) is 2.07. The average Bonchev–Trinajstić information content (AvgIpc) is 2.30. The summed E-state index contributed by atoms with van der Waals surface area (Å²) in [5.74, 6) is 0.0415. The van der Waals surface area contributed by atoms with Crippen molar-refractivity contribution in [1.82, 2.24) is 0 Å². The van der Waals surface area contributed by atoms with E-state index in [1.807, 2.05) is 12.1 Å². The molecule has 0 spiro atoms. The molecule has 0 radical (unpaired) electrons. The molecule has 0 saturated carbocycles. The highest BCUT2D eigenvalue weighted by atomic mass is 79.9. The SMILES string of the molecule is CC(C)(C)/C=C/[C@@H]1C=Cc2cc(Br)c(Br)cc2[C@@H]1O. The van der Waals surface area contributed by atoms with E-state index in [0.29, 0.717) is 0 Å². The second kappa shape index (κ2) is 5.55. The number of aliphatic hydroxyl groups is 1. The highest BCUT2D eigenvalue weighted by Gasteiger charge is 2.23. The molecule has 1 aromatic carbocycles. The van der Waals surface area contributed by atoms with Gasteiger partial charge in [0.1, 0.15) is 0 Å². The van der Waals surface area contributed by atoms with E-state index in [2.05, 4.69) is 76.9 Å². The van der Waals surface area contributed by atoms with Gasteiger partial charge in [-0.3, -0.25) is 0 Å². The molecule has 1 aliphatic carbocycles. The van der Waals surface area contributed by atoms with Crippen molar-refractivity contribution in [2.75, 3.05) is 0 Å². The zero-order chi connectivity index (χ0) is 14.2. The largest absolute Gasteiger partial charge is 0.387 e. The van der Waals surface area contributed by atoms with E-state index in [1.54, 1.807) is 0 Å². The van der Waals surface area contributed by atoms with Crippen LogP contribution in [0.2, 0.25) is 0 Å². The van der Waals surface area contributed by atoms with Gasteiger partial charge in [-0.15, -0.1) is 0 Å². The van der Waals surface area contributed by atoms with E-state index in [9.17, 15) is 5.11 Å². The van der Waals surface area contributed by atoms with Crippen LogP contribution in [0.3, 0.4) is 0 Å². The van der Waals surface area contributed by atoms with Crippen molar-refractivity contribution < 1.29 is 5.11 Å². The summed E-state index contributed by atoms with van der Waals surface area (Å²) in [5, 5.41) is 10.5. The van der Waals surface area contributed by atoms with Crippen molar-refractivity contribution >= 4 is 37.9 Å². The lowest BCUT2D eigenvalue weighted by atomic mass is 9.85. The van der Waals surface area contributed by atoms with E-state index in [1.165, 1.54) is 0 Å². The fraction of sp³-hybridized carbons (Fsp3) is 0.375. The summed E-state index contributed by atoms with van der Waals surface area (Å²) in [6.45, 7) is 6.47. The minimum absolute atomic E-state index is 0.0415. The van der Waals surface area contributed by atoms with Crippen LogP contribution < -0.4 is 0 Å². The van der Waals surface area contributed by atoms with Gasteiger partial charge in [0.2, 0.25) is 0 Å². The quantitative estimate of drug-likeness (QED) is 0.633. The first kappa shape index (κ1) is 15.0. The fourth-order valence-corrected chi connectivity index (χ4v) is 2.80. The van der Waals surface area contributed by atoms with Gasteiger partial charge in [-0.2, -0.15) is 0 Å². The van der Waals surface area contributed by atoms with Gasteiger partial charge in [0, 0.05) is 14.9 Å². The van der Waals surface area contributed by atoms with Gasteiger partial charge in [0.15, 0.2) is 0 Å². The number of aliphatic hydroxyl groups excluding tert-OH is 1. The van der Waals surface area contributed by atoms with E-state index in [-0.39, 0.29) is 11.3 Å². The molecule has 0 aromatic heterocycles. The number of rotatable bonds is 1. The van der Waals surface area contributed by atoms with Crippen LogP contribution in [-0.2, 0) is 0 Å². The van der Waals surface area contributed by atoms with Crippen LogP contribution in [-0.4, -0.2) is 5.11 Å². The Hall–Kier alpha value is -0.380. The maximum atomic E-state index is 10.5. The molecule has 0 amide bonds. The summed E-state index contributed by atoms with van der Waals surface area (Å²) in [7, 11) is 0. The van der Waals surface area contributed by atoms with E-state index in [4.69, 9.17) is 0 Å². The molecule has 0 heterocycles. The normalized spacial score (nSPS) is 22.8. The first-order valence-corrected chi connectivity index (χ1v) is 7.91. The number of halogens is 2. The number of allylic oxidation sites excluding steroid dienone is 1. The molecular formula is C16H18Br2O. The Kier molecular flexibility index (Phi) is 4.38. The smallest absolute Gasteiger partial charge is 0.0893 e. The lowest BCUT2D eigenvalue weighted by Gasteiger charge is -2.25. The number of fused-ring (bicyclic) bond motifs is 1. The van der Waals surface area contributed by atoms with Gasteiger partial charge >= 0.3 is 0 Å². The highest BCUT2D eigenvalue weighted by molar-refractivity contribution is 9.13. The number of hydrogen-bond donors (Lipinski definition) is 1. The van der Waals surface area contributed by atoms with Crippen molar-refractivity contribution in [2.24, 2.45) is 11.3 Å². The van der Waals surface area contributed by atoms with Crippen LogP contribution in [0.4, 0.5) is 0 Å². The Morgan fingerprint density at radius 3 is 2.42 bits per heavy atom. The monoisotopic (exact) mass is 384 g/mol. The third-order valence-electron chi connectivity index (χ3n) is 3.13. The molecule has 0 unspecified atom stereocenters. The third kappa shape index (κ3) is 3.59. The van der Waals surface area contributed by atoms with Crippen LogP contribution in [0.1, 0.15) is 38.0 Å². The lowest BCUT2D eigenvalue weighted by molar-refractivity contribution is 0.149. The summed E-state index contributed by atoms with van der Waals surface area (Å²) in [6.07, 6.45) is 7.92. The molecule has 2 rings (SSSR count). The van der Waals surface area contributed by atoms with Crippen molar-refractivity contribution in [3.8, 4) is 0 Å². The first-order valence-electron chi connectivity index (χ1n) is 6.32. The van der Waals surface area contributed by atoms with Crippen molar-refractivity contribution in [2.45, 2.75) is 26.9 Å². The number of hydrogen-bond acceptors (Lipinski definition) is 1. The minimum atomic E-state index is -0.483. The summed E-state index contributed by atoms with van der Waals surface area (Å²) in [4.78, 5) is 0. The Morgan fingerprint density at radius 1 is 1.16 bits per heavy atom. The third-order valence-corrected chi connectivity index (χ3v) is 4.97. The Balaban J connectivity index is 2.32. The molecule has 19 heavy (non-hydrogen) atoms. The van der Waals surface area contributed by atoms with Gasteiger partial charge in [-0.25, -0.2) is 0 Å². The molecule has 3 heteroatoms. The number of benzene rings is 1. The van der Waals surface area contributed by atoms with Gasteiger partial charge in [0.25, 0.3) is 0 Å². The van der Waals surface area contributed by atoms with Crippen LogP contribution in [0, 0.1) is 11.3 Å². The molecule has 1 nitrogen and oxygen atoms in total. The van der Waals surface area contributed by atoms with Crippen LogP contribution in [0.25, 0.3) is 6.08 Å². The maximum Gasteiger partial charge on any atom is 0.0893 e. The second-order valence-electron chi connectivity index (χ2n) is 6.00. The lowest BCUT2D eigenvalue weighted by Crippen LogP contribution is -2.14. The zero-order valence-corrected chi connectivity index (χ0v) is 14.5. The summed E-state index contributed by atoms with van der Waals surface area (Å²) in [5.41, 5.74) is 2.18. The Bertz CT molecular complexity index is 538. The maximum absolute atomic E-state index is 10.5. The van der Waals surface area contributed by atoms with Crippen LogP contribution in [0.15, 0.2) is 39.3 Å². The molecule has 2 atom stereocenters. The van der Waals surface area contributed by atoms with Gasteiger partial charge in [-0.05, 0) is 60.5 Å². The van der Waals surface area contributed by atoms with Gasteiger partial charge in [0.05, 0.1) is 6.10 Å². The van der Waals surface area contributed by atoms with Gasteiger partial charge in [-0.1, -0.05) is 45.1 Å². The Labute approximate surface area is 131 Å². The molecular weight excluding hydrogens is 368 g/mol. The Morgan fingerprint density at radius 2 is 1.79 bits per heavy atom. The van der Waals surface area contributed by atoms with E-state index < -0.39 is 6.10 Å². The molecule has 0 fully saturated rings. The minimum Gasteiger partial charge on any atom is -0.387 e. The predicted molar refractivity (Wildman–Crippen MR) is 87.9 cm³/mol. The van der Waals surface area contributed by atoms with Gasteiger partial charge < -0.3 is 5.11 Å². The summed E-state index contributed by atoms with van der Waals surface area (Å²) >= 11 is 6.98. The second-order valence-corrected chi connectivity index (χ2v) is 7.71.